The Bertz CT molecular complexity index is 2590. The van der Waals surface area contributed by atoms with E-state index in [4.69, 9.17) is 32.3 Å². The Labute approximate surface area is 637 Å². The van der Waals surface area contributed by atoms with E-state index in [0.29, 0.717) is 25.7 Å². The van der Waals surface area contributed by atoms with Crippen molar-refractivity contribution in [1.29, 1.82) is 0 Å². The fraction of sp³-hybridized carbons (Fsp3) is 0.644. The molecule has 5 unspecified atom stereocenters. The van der Waals surface area contributed by atoms with Gasteiger partial charge in [0.25, 0.3) is 0 Å². The molecule has 105 heavy (non-hydrogen) atoms. The maximum absolute atomic E-state index is 13.0. The molecule has 0 radical (unpaired) electrons. The summed E-state index contributed by atoms with van der Waals surface area (Å²) in [6.45, 7) is 2.30. The van der Waals surface area contributed by atoms with Crippen molar-refractivity contribution >= 4 is 33.6 Å². The molecule has 0 saturated heterocycles. The van der Waals surface area contributed by atoms with E-state index in [9.17, 15) is 43.5 Å². The van der Waals surface area contributed by atoms with Crippen molar-refractivity contribution in [2.75, 3.05) is 39.6 Å². The molecule has 0 fully saturated rings. The van der Waals surface area contributed by atoms with Gasteiger partial charge in [0.05, 0.1) is 26.4 Å². The molecule has 5 atom stereocenters. The monoisotopic (exact) mass is 1510 g/mol. The van der Waals surface area contributed by atoms with E-state index >= 15 is 0 Å². The maximum atomic E-state index is 13.0. The third-order valence-corrected chi connectivity index (χ3v) is 18.3. The zero-order valence-electron chi connectivity index (χ0n) is 65.3. The van der Waals surface area contributed by atoms with Gasteiger partial charge in [-0.1, -0.05) is 313 Å². The van der Waals surface area contributed by atoms with E-state index in [0.717, 1.165) is 122 Å². The van der Waals surface area contributed by atoms with Crippen molar-refractivity contribution in [3.8, 4) is 0 Å². The van der Waals surface area contributed by atoms with E-state index in [-0.39, 0.29) is 19.3 Å². The van der Waals surface area contributed by atoms with Crippen LogP contribution in [0.1, 0.15) is 303 Å². The highest BCUT2D eigenvalue weighted by molar-refractivity contribution is 7.47. The molecule has 598 valence electrons. The molecule has 0 rings (SSSR count). The fourth-order valence-electron chi connectivity index (χ4n) is 10.3. The number of unbranched alkanes of at least 4 members (excludes halogenated alkanes) is 24. The second-order valence-corrected chi connectivity index (χ2v) is 29.4. The second-order valence-electron chi connectivity index (χ2n) is 26.5. The maximum Gasteiger partial charge on any atom is 0.472 e. The number of carbonyl (C=O) groups is 3. The van der Waals surface area contributed by atoms with Crippen LogP contribution >= 0.6 is 15.6 Å². The molecule has 16 nitrogen and oxygen atoms in total. The summed E-state index contributed by atoms with van der Waals surface area (Å²) < 4.78 is 61.0. The standard InChI is InChI=1S/C87H144O16P2/c1-4-7-10-13-16-19-22-25-28-31-33-34-35-36-37-38-39-40-41-42-43-44-45-46-48-51-52-55-58-61-64-67-70-73-85(90)97-76-82(88)77-99-104(93,94)100-78-83(89)79-101-105(95,96)102-81-84(103-87(92)75-72-69-66-63-60-57-54-49-30-27-24-21-18-15-12-9-6-3)80-98-86(91)74-71-68-65-62-59-56-53-50-47-32-29-26-23-20-17-14-11-8-5-2/h8-9,11-12,16-21,25-30,33-34,36-37,47,50,54,56-57,59,65,68,82-84,88-89H,4-7,10,13-15,22-24,31-32,35,38-46,48-49,51-53,55,58,60-64,66-67,69-81H2,1-3H3,(H,93,94)(H,95,96)/b11-8-,12-9-,19-16-,20-17-,21-18-,28-25-,29-26-,30-27-,34-33-,37-36-,50-47-,57-54-,59-56-,68-65-. The molecule has 0 saturated carbocycles. The number of esters is 3. The van der Waals surface area contributed by atoms with Gasteiger partial charge in [-0.25, -0.2) is 9.13 Å². The Kier molecular flexibility index (Phi) is 74.7. The number of allylic oxidation sites excluding steroid dienone is 28. The Morgan fingerprint density at radius 3 is 0.857 bits per heavy atom. The van der Waals surface area contributed by atoms with Crippen LogP contribution in [0.15, 0.2) is 170 Å². The van der Waals surface area contributed by atoms with Crippen molar-refractivity contribution in [3.63, 3.8) is 0 Å². The SMILES string of the molecule is CC/C=C\C/C=C\C/C=C\C/C=C\C/C=C\C/C=C\CCC(=O)OCC(COP(=O)(O)OCC(O)COP(=O)(O)OCC(O)COC(=O)CCCCCCCCCCCCCCCCCCC/C=C\C/C=C\C/C=C\C/C=C\CCCCC)OC(=O)CCCCCC/C=C\C/C=C\C/C=C\C/C=C\CC. The number of phosphoric ester groups is 2. The van der Waals surface area contributed by atoms with Crippen LogP contribution in [0.5, 0.6) is 0 Å². The summed E-state index contributed by atoms with van der Waals surface area (Å²) in [4.78, 5) is 58.6. The van der Waals surface area contributed by atoms with E-state index in [2.05, 4.69) is 173 Å². The smallest absolute Gasteiger partial charge is 0.463 e. The first-order chi connectivity index (χ1) is 51.2. The van der Waals surface area contributed by atoms with Gasteiger partial charge in [-0.15, -0.1) is 0 Å². The van der Waals surface area contributed by atoms with Crippen LogP contribution in [0.4, 0.5) is 0 Å². The number of rotatable bonds is 75. The van der Waals surface area contributed by atoms with Gasteiger partial charge in [0.2, 0.25) is 0 Å². The van der Waals surface area contributed by atoms with Crippen LogP contribution in [0.25, 0.3) is 0 Å². The third-order valence-electron chi connectivity index (χ3n) is 16.4. The largest absolute Gasteiger partial charge is 0.472 e. The van der Waals surface area contributed by atoms with Gasteiger partial charge in [0, 0.05) is 19.3 Å². The summed E-state index contributed by atoms with van der Waals surface area (Å²) in [6, 6.07) is 0. The topological polar surface area (TPSA) is 231 Å². The van der Waals surface area contributed by atoms with Crippen molar-refractivity contribution in [3.05, 3.63) is 170 Å². The van der Waals surface area contributed by atoms with Gasteiger partial charge in [-0.05, 0) is 141 Å². The van der Waals surface area contributed by atoms with E-state index < -0.39 is 91.5 Å². The highest BCUT2D eigenvalue weighted by Gasteiger charge is 2.29. The minimum absolute atomic E-state index is 0.0335. The number of hydrogen-bond donors (Lipinski definition) is 4. The molecule has 0 amide bonds. The third kappa shape index (κ3) is 79.8. The van der Waals surface area contributed by atoms with Crippen molar-refractivity contribution < 1.29 is 75.8 Å². The Morgan fingerprint density at radius 2 is 0.524 bits per heavy atom. The first-order valence-corrected chi connectivity index (χ1v) is 43.4. The van der Waals surface area contributed by atoms with Crippen molar-refractivity contribution in [2.24, 2.45) is 0 Å². The molecule has 0 heterocycles. The molecule has 0 aromatic rings. The van der Waals surface area contributed by atoms with Crippen molar-refractivity contribution in [2.45, 2.75) is 322 Å². The summed E-state index contributed by atoms with van der Waals surface area (Å²) in [5.74, 6) is -1.71. The van der Waals surface area contributed by atoms with Crippen LogP contribution < -0.4 is 0 Å². The molecule has 4 N–H and O–H groups in total. The molecule has 0 aromatic carbocycles. The number of ether oxygens (including phenoxy) is 3. The number of aliphatic hydroxyl groups excluding tert-OH is 2. The minimum Gasteiger partial charge on any atom is -0.463 e. The molecule has 0 aliphatic carbocycles. The molecule has 0 aromatic heterocycles. The summed E-state index contributed by atoms with van der Waals surface area (Å²) >= 11 is 0. The predicted molar refractivity (Wildman–Crippen MR) is 435 cm³/mol. The lowest BCUT2D eigenvalue weighted by Crippen LogP contribution is -2.30. The van der Waals surface area contributed by atoms with Gasteiger partial charge in [-0.3, -0.25) is 32.5 Å². The highest BCUT2D eigenvalue weighted by Crippen LogP contribution is 2.45. The molecule has 0 aliphatic heterocycles. The Balaban J connectivity index is 4.54. The van der Waals surface area contributed by atoms with Gasteiger partial charge in [-0.2, -0.15) is 0 Å². The minimum atomic E-state index is -4.96. The molecule has 0 spiro atoms. The highest BCUT2D eigenvalue weighted by atomic mass is 31.2. The van der Waals surface area contributed by atoms with Crippen LogP contribution in [-0.2, 0) is 55.8 Å². The number of phosphoric acid groups is 2. The van der Waals surface area contributed by atoms with Gasteiger partial charge in [0.1, 0.15) is 25.4 Å². The molecule has 0 aliphatic rings. The zero-order valence-corrected chi connectivity index (χ0v) is 67.1. The fourth-order valence-corrected chi connectivity index (χ4v) is 11.9. The van der Waals surface area contributed by atoms with Crippen LogP contribution in [0.2, 0.25) is 0 Å². The lowest BCUT2D eigenvalue weighted by Gasteiger charge is -2.21. The van der Waals surface area contributed by atoms with Gasteiger partial charge in [0.15, 0.2) is 6.10 Å². The average molecular weight is 1510 g/mol. The number of hydrogen-bond acceptors (Lipinski definition) is 14. The normalized spacial score (nSPS) is 14.8. The van der Waals surface area contributed by atoms with Gasteiger partial charge >= 0.3 is 33.6 Å². The summed E-state index contributed by atoms with van der Waals surface area (Å²) in [5.41, 5.74) is 0. The summed E-state index contributed by atoms with van der Waals surface area (Å²) in [6.07, 6.45) is 100. The van der Waals surface area contributed by atoms with Crippen LogP contribution in [0, 0.1) is 0 Å². The number of aliphatic hydroxyl groups is 2. The summed E-state index contributed by atoms with van der Waals surface area (Å²) in [7, 11) is -9.83. The molecule has 18 heteroatoms. The van der Waals surface area contributed by atoms with E-state index in [1.54, 1.807) is 0 Å². The predicted octanol–water partition coefficient (Wildman–Crippen LogP) is 24.0. The Hall–Kier alpha value is -5.09. The van der Waals surface area contributed by atoms with Crippen molar-refractivity contribution in [1.82, 2.24) is 0 Å². The molecule has 0 bridgehead atoms. The molecular weight excluding hydrogens is 1360 g/mol. The molecular formula is C87H144O16P2. The number of carbonyl (C=O) groups excluding carboxylic acids is 3. The second kappa shape index (κ2) is 78.5. The summed E-state index contributed by atoms with van der Waals surface area (Å²) in [5, 5.41) is 20.6. The first-order valence-electron chi connectivity index (χ1n) is 40.4. The van der Waals surface area contributed by atoms with E-state index in [1.165, 1.54) is 116 Å². The van der Waals surface area contributed by atoms with E-state index in [1.807, 2.05) is 18.2 Å². The lowest BCUT2D eigenvalue weighted by atomic mass is 10.0. The first kappa shape index (κ1) is 99.9. The van der Waals surface area contributed by atoms with Crippen LogP contribution in [-0.4, -0.2) is 95.9 Å². The quantitative estimate of drug-likeness (QED) is 0.0146. The van der Waals surface area contributed by atoms with Crippen LogP contribution in [0.3, 0.4) is 0 Å². The lowest BCUT2D eigenvalue weighted by molar-refractivity contribution is -0.161. The van der Waals surface area contributed by atoms with Gasteiger partial charge < -0.3 is 34.2 Å². The Morgan fingerprint density at radius 1 is 0.276 bits per heavy atom. The average Bonchev–Trinajstić information content (AvgIpc) is 0.915. The zero-order chi connectivity index (χ0) is 76.6.